The normalized spacial score (nSPS) is 12.8. The van der Waals surface area contributed by atoms with E-state index in [1.54, 1.807) is 13.8 Å². The molecule has 0 saturated heterocycles. The van der Waals surface area contributed by atoms with E-state index in [9.17, 15) is 8.42 Å². The molecule has 48 valence electrons. The summed E-state index contributed by atoms with van der Waals surface area (Å²) in [5.74, 6) is 0.192. The molecule has 3 heteroatoms. The maximum absolute atomic E-state index is 10.5. The Morgan fingerprint density at radius 1 is 1.50 bits per heavy atom. The van der Waals surface area contributed by atoms with Crippen LogP contribution in [0.3, 0.4) is 0 Å². The summed E-state index contributed by atoms with van der Waals surface area (Å²) in [7, 11) is -2.85. The summed E-state index contributed by atoms with van der Waals surface area (Å²) < 4.78 is 21.0. The average Bonchev–Trinajstić information content (AvgIpc) is 1.67. The monoisotopic (exact) mass is 134 g/mol. The largest absolute Gasteiger partial charge is 0.224 e. The molecule has 0 N–H and O–H groups in total. The Hall–Kier alpha value is -0.310. The first kappa shape index (κ1) is 7.69. The Labute approximate surface area is 50.1 Å². The maximum Gasteiger partial charge on any atom is 0.171 e. The van der Waals surface area contributed by atoms with Crippen LogP contribution in [0.25, 0.3) is 0 Å². The van der Waals surface area contributed by atoms with Crippen LogP contribution in [-0.2, 0) is 9.84 Å². The molecule has 0 spiro atoms. The Morgan fingerprint density at radius 3 is 2.12 bits per heavy atom. The molecule has 0 bridgehead atoms. The molecule has 0 atom stereocenters. The van der Waals surface area contributed by atoms with E-state index < -0.39 is 9.84 Å². The van der Waals surface area contributed by atoms with Crippen LogP contribution in [0.2, 0.25) is 0 Å². The predicted octanol–water partition coefficient (Wildman–Crippen LogP) is 0.955. The van der Waals surface area contributed by atoms with Crippen molar-refractivity contribution in [3.8, 4) is 0 Å². The summed E-state index contributed by atoms with van der Waals surface area (Å²) in [5, 5.41) is 1.22. The third-order valence-electron chi connectivity index (χ3n) is 0.746. The van der Waals surface area contributed by atoms with Gasteiger partial charge in [0, 0.05) is 5.41 Å². The van der Waals surface area contributed by atoms with Crippen molar-refractivity contribution in [3.05, 3.63) is 11.5 Å². The summed E-state index contributed by atoms with van der Waals surface area (Å²) in [6.07, 6.45) is 1.53. The Kier molecular flexibility index (Phi) is 2.76. The molecule has 0 saturated carbocycles. The van der Waals surface area contributed by atoms with E-state index >= 15 is 0 Å². The molecule has 0 aromatic carbocycles. The Morgan fingerprint density at radius 2 is 2.00 bits per heavy atom. The molecule has 0 aliphatic carbocycles. The zero-order chi connectivity index (χ0) is 6.62. The van der Waals surface area contributed by atoms with Crippen molar-refractivity contribution >= 4 is 9.84 Å². The highest BCUT2D eigenvalue weighted by Crippen LogP contribution is 1.89. The third kappa shape index (κ3) is 2.80. The van der Waals surface area contributed by atoms with Crippen LogP contribution in [-0.4, -0.2) is 14.2 Å². The van der Waals surface area contributed by atoms with Gasteiger partial charge < -0.3 is 0 Å². The van der Waals surface area contributed by atoms with E-state index in [4.69, 9.17) is 0 Å². The molecule has 0 aliphatic heterocycles. The molecule has 0 rings (SSSR count). The minimum Gasteiger partial charge on any atom is -0.224 e. The second kappa shape index (κ2) is 2.87. The van der Waals surface area contributed by atoms with Gasteiger partial charge >= 0.3 is 0 Å². The van der Waals surface area contributed by atoms with Crippen molar-refractivity contribution in [1.82, 2.24) is 0 Å². The highest BCUT2D eigenvalue weighted by molar-refractivity contribution is 7.94. The lowest BCUT2D eigenvalue weighted by Crippen LogP contribution is -1.95. The van der Waals surface area contributed by atoms with Gasteiger partial charge in [0.15, 0.2) is 9.84 Å². The van der Waals surface area contributed by atoms with Crippen LogP contribution in [0.15, 0.2) is 11.5 Å². The van der Waals surface area contributed by atoms with Gasteiger partial charge in [-0.25, -0.2) is 8.42 Å². The second-order valence-corrected chi connectivity index (χ2v) is 3.60. The van der Waals surface area contributed by atoms with Crippen LogP contribution in [0.1, 0.15) is 13.8 Å². The molecular formula is C5H10O2S. The minimum atomic E-state index is -2.85. The molecule has 0 amide bonds. The van der Waals surface area contributed by atoms with Gasteiger partial charge in [-0.15, -0.1) is 0 Å². The van der Waals surface area contributed by atoms with Crippen LogP contribution in [0.5, 0.6) is 0 Å². The van der Waals surface area contributed by atoms with Crippen molar-refractivity contribution in [2.45, 2.75) is 13.8 Å². The molecule has 0 aliphatic rings. The zero-order valence-electron chi connectivity index (χ0n) is 5.09. The van der Waals surface area contributed by atoms with E-state index in [2.05, 4.69) is 0 Å². The molecule has 0 aromatic rings. The fraction of sp³-hybridized carbons (Fsp3) is 0.600. The SMILES string of the molecule is C/C=C\S(=O)(=O)CC. The standard InChI is InChI=1S/C5H10O2S/c1-3-5-8(6,7)4-2/h3,5H,4H2,1-2H3/b5-3-. The molecule has 0 fully saturated rings. The number of hydrogen-bond donors (Lipinski definition) is 0. The van der Waals surface area contributed by atoms with Crippen molar-refractivity contribution < 1.29 is 8.42 Å². The van der Waals surface area contributed by atoms with Gasteiger partial charge in [0.25, 0.3) is 0 Å². The highest BCUT2D eigenvalue weighted by Gasteiger charge is 1.96. The van der Waals surface area contributed by atoms with Crippen molar-refractivity contribution in [2.75, 3.05) is 5.75 Å². The molecule has 0 aromatic heterocycles. The molecule has 0 radical (unpaired) electrons. The summed E-state index contributed by atoms with van der Waals surface area (Å²) >= 11 is 0. The van der Waals surface area contributed by atoms with Gasteiger partial charge in [0.2, 0.25) is 0 Å². The first-order valence-electron chi connectivity index (χ1n) is 2.48. The average molecular weight is 134 g/mol. The predicted molar refractivity (Wildman–Crippen MR) is 34.3 cm³/mol. The summed E-state index contributed by atoms with van der Waals surface area (Å²) in [4.78, 5) is 0. The molecule has 8 heavy (non-hydrogen) atoms. The molecule has 2 nitrogen and oxygen atoms in total. The van der Waals surface area contributed by atoms with Gasteiger partial charge in [-0.1, -0.05) is 13.0 Å². The lowest BCUT2D eigenvalue weighted by Gasteiger charge is -1.86. The van der Waals surface area contributed by atoms with Gasteiger partial charge in [-0.2, -0.15) is 0 Å². The minimum absolute atomic E-state index is 0.192. The maximum atomic E-state index is 10.5. The number of rotatable bonds is 2. The van der Waals surface area contributed by atoms with E-state index in [1.807, 2.05) is 0 Å². The van der Waals surface area contributed by atoms with Crippen molar-refractivity contribution in [2.24, 2.45) is 0 Å². The fourth-order valence-corrected chi connectivity index (χ4v) is 0.911. The summed E-state index contributed by atoms with van der Waals surface area (Å²) in [6, 6.07) is 0. The van der Waals surface area contributed by atoms with E-state index in [1.165, 1.54) is 11.5 Å². The van der Waals surface area contributed by atoms with E-state index in [-0.39, 0.29) is 5.75 Å². The Bertz CT molecular complexity index is 165. The van der Waals surface area contributed by atoms with Crippen LogP contribution in [0.4, 0.5) is 0 Å². The van der Waals surface area contributed by atoms with Crippen molar-refractivity contribution in [3.63, 3.8) is 0 Å². The first-order valence-corrected chi connectivity index (χ1v) is 4.19. The summed E-state index contributed by atoms with van der Waals surface area (Å²) in [6.45, 7) is 3.31. The van der Waals surface area contributed by atoms with Crippen LogP contribution in [0, 0.1) is 0 Å². The van der Waals surface area contributed by atoms with Gasteiger partial charge in [0.05, 0.1) is 5.75 Å². The Balaban J connectivity index is 4.17. The van der Waals surface area contributed by atoms with E-state index in [0.717, 1.165) is 0 Å². The van der Waals surface area contributed by atoms with Crippen LogP contribution < -0.4 is 0 Å². The topological polar surface area (TPSA) is 34.1 Å². The van der Waals surface area contributed by atoms with Crippen molar-refractivity contribution in [1.29, 1.82) is 0 Å². The lowest BCUT2D eigenvalue weighted by molar-refractivity contribution is 0.605. The second-order valence-electron chi connectivity index (χ2n) is 1.42. The lowest BCUT2D eigenvalue weighted by atomic mass is 10.8. The molecular weight excluding hydrogens is 124 g/mol. The number of sulfone groups is 1. The smallest absolute Gasteiger partial charge is 0.171 e. The molecule has 0 heterocycles. The quantitative estimate of drug-likeness (QED) is 0.563. The first-order chi connectivity index (χ1) is 3.62. The van der Waals surface area contributed by atoms with Gasteiger partial charge in [-0.3, -0.25) is 0 Å². The highest BCUT2D eigenvalue weighted by atomic mass is 32.2. The number of hydrogen-bond acceptors (Lipinski definition) is 2. The summed E-state index contributed by atoms with van der Waals surface area (Å²) in [5.41, 5.74) is 0. The third-order valence-corrected chi connectivity index (χ3v) is 2.24. The van der Waals surface area contributed by atoms with E-state index in [0.29, 0.717) is 0 Å². The fourth-order valence-electron chi connectivity index (χ4n) is 0.304. The number of allylic oxidation sites excluding steroid dienone is 1. The van der Waals surface area contributed by atoms with Crippen LogP contribution >= 0.6 is 0 Å². The van der Waals surface area contributed by atoms with Gasteiger partial charge in [0.1, 0.15) is 0 Å². The zero-order valence-corrected chi connectivity index (χ0v) is 5.90. The molecule has 0 unspecified atom stereocenters. The van der Waals surface area contributed by atoms with Gasteiger partial charge in [-0.05, 0) is 6.92 Å².